The van der Waals surface area contributed by atoms with Crippen molar-refractivity contribution in [3.05, 3.63) is 68.8 Å². The topological polar surface area (TPSA) is 55.8 Å². The number of esters is 1. The molecule has 0 aliphatic carbocycles. The van der Waals surface area contributed by atoms with E-state index in [9.17, 15) is 22.8 Å². The Morgan fingerprint density at radius 3 is 2.32 bits per heavy atom. The molecule has 200 valence electrons. The lowest BCUT2D eigenvalue weighted by Crippen LogP contribution is -2.59. The largest absolute Gasteiger partial charge is 0.494 e. The fourth-order valence-electron chi connectivity index (χ4n) is 4.20. The number of alkyl halides is 3. The number of ether oxygens (including phenoxy) is 2. The number of fused-ring (bicyclic) bond motifs is 1. The zero-order valence-electron chi connectivity index (χ0n) is 21.0. The summed E-state index contributed by atoms with van der Waals surface area (Å²) in [6.07, 6.45) is -5.11. The van der Waals surface area contributed by atoms with Crippen molar-refractivity contribution in [3.63, 3.8) is 0 Å². The maximum absolute atomic E-state index is 13.7. The molecule has 4 rings (SSSR count). The smallest absolute Gasteiger partial charge is 0.471 e. The average molecular weight is 580 g/mol. The van der Waals surface area contributed by atoms with Crippen molar-refractivity contribution in [2.24, 2.45) is 0 Å². The van der Waals surface area contributed by atoms with Crippen LogP contribution in [0.3, 0.4) is 0 Å². The highest BCUT2D eigenvalue weighted by molar-refractivity contribution is 8.32. The van der Waals surface area contributed by atoms with Crippen LogP contribution in [0.15, 0.2) is 57.7 Å². The summed E-state index contributed by atoms with van der Waals surface area (Å²) in [5.41, 5.74) is 0.164. The van der Waals surface area contributed by atoms with Gasteiger partial charge < -0.3 is 9.47 Å². The number of carbonyl (C=O) groups excluding carboxylic acids is 2. The molecule has 1 amide bonds. The van der Waals surface area contributed by atoms with Crippen LogP contribution >= 0.6 is 35.7 Å². The van der Waals surface area contributed by atoms with Crippen molar-refractivity contribution < 1.29 is 32.2 Å². The summed E-state index contributed by atoms with van der Waals surface area (Å²) >= 11 is 8.26. The van der Waals surface area contributed by atoms with Crippen LogP contribution in [-0.4, -0.2) is 41.7 Å². The number of nitrogens with zero attached hydrogens (tertiary/aromatic N) is 1. The number of carbonyl (C=O) groups is 2. The summed E-state index contributed by atoms with van der Waals surface area (Å²) in [4.78, 5) is 27.4. The van der Waals surface area contributed by atoms with Gasteiger partial charge in [0, 0.05) is 16.0 Å². The van der Waals surface area contributed by atoms with Gasteiger partial charge >= 0.3 is 18.1 Å². The Hall–Kier alpha value is -2.76. The molecule has 2 aromatic rings. The molecule has 0 aromatic heterocycles. The van der Waals surface area contributed by atoms with Gasteiger partial charge in [-0.15, -0.1) is 0 Å². The van der Waals surface area contributed by atoms with E-state index in [-0.39, 0.29) is 17.2 Å². The van der Waals surface area contributed by atoms with Crippen molar-refractivity contribution >= 4 is 68.6 Å². The zero-order valence-corrected chi connectivity index (χ0v) is 23.4. The van der Waals surface area contributed by atoms with Gasteiger partial charge in [-0.25, -0.2) is 4.79 Å². The molecule has 0 radical (unpaired) electrons. The van der Waals surface area contributed by atoms with Gasteiger partial charge in [-0.2, -0.15) is 13.2 Å². The summed E-state index contributed by atoms with van der Waals surface area (Å²) in [5, 5.41) is 0. The minimum atomic E-state index is -5.11. The number of halogens is 3. The lowest BCUT2D eigenvalue weighted by molar-refractivity contribution is -0.171. The van der Waals surface area contributed by atoms with Crippen LogP contribution in [0.2, 0.25) is 0 Å². The number of amides is 1. The highest BCUT2D eigenvalue weighted by Crippen LogP contribution is 2.59. The maximum Gasteiger partial charge on any atom is 0.471 e. The lowest BCUT2D eigenvalue weighted by atomic mass is 9.83. The molecule has 11 heteroatoms. The fraction of sp³-hybridized carbons (Fsp3) is 0.296. The highest BCUT2D eigenvalue weighted by Gasteiger charge is 2.53. The monoisotopic (exact) mass is 579 g/mol. The number of benzene rings is 2. The summed E-state index contributed by atoms with van der Waals surface area (Å²) in [6, 6.07) is 13.8. The van der Waals surface area contributed by atoms with Gasteiger partial charge in [0.05, 0.1) is 33.5 Å². The number of anilines is 1. The van der Waals surface area contributed by atoms with E-state index in [1.807, 2.05) is 30.3 Å². The van der Waals surface area contributed by atoms with E-state index in [2.05, 4.69) is 0 Å². The fourth-order valence-corrected chi connectivity index (χ4v) is 7.33. The van der Waals surface area contributed by atoms with Crippen LogP contribution < -0.4 is 9.64 Å². The first kappa shape index (κ1) is 28.3. The molecule has 38 heavy (non-hydrogen) atoms. The molecule has 0 bridgehead atoms. The zero-order chi connectivity index (χ0) is 27.8. The molecule has 5 nitrogen and oxygen atoms in total. The second kappa shape index (κ2) is 10.8. The van der Waals surface area contributed by atoms with Gasteiger partial charge in [0.15, 0.2) is 0 Å². The van der Waals surface area contributed by atoms with Crippen molar-refractivity contribution in [3.8, 4) is 5.75 Å². The SMILES string of the molecule is CCOC(=O)C1=C(c2ccccc2)SC(=C2C(=S)C(C)(C)N(C(=O)C(F)(F)F)c3ccc(OCC)cc32)S1. The highest BCUT2D eigenvalue weighted by atomic mass is 32.2. The minimum absolute atomic E-state index is 0.0592. The minimum Gasteiger partial charge on any atom is -0.494 e. The first-order valence-corrected chi connectivity index (χ1v) is 13.8. The molecule has 0 N–H and O–H groups in total. The molecule has 0 atom stereocenters. The number of hydrogen-bond donors (Lipinski definition) is 0. The average Bonchev–Trinajstić information content (AvgIpc) is 3.30. The molecular weight excluding hydrogens is 555 g/mol. The van der Waals surface area contributed by atoms with Gasteiger partial charge in [0.25, 0.3) is 0 Å². The molecule has 0 spiro atoms. The molecule has 0 saturated heterocycles. The van der Waals surface area contributed by atoms with E-state index in [1.165, 1.54) is 37.7 Å². The third kappa shape index (κ3) is 5.11. The first-order chi connectivity index (χ1) is 17.9. The van der Waals surface area contributed by atoms with Crippen molar-refractivity contribution in [2.45, 2.75) is 39.4 Å². The Morgan fingerprint density at radius 1 is 1.03 bits per heavy atom. The van der Waals surface area contributed by atoms with Gasteiger partial charge in [0.2, 0.25) is 0 Å². The van der Waals surface area contributed by atoms with Crippen LogP contribution in [0.5, 0.6) is 5.75 Å². The molecule has 0 saturated carbocycles. The second-order valence-corrected chi connectivity index (χ2v) is 11.5. The summed E-state index contributed by atoms with van der Waals surface area (Å²) in [5.74, 6) is -2.10. The van der Waals surface area contributed by atoms with E-state index in [4.69, 9.17) is 21.7 Å². The summed E-state index contributed by atoms with van der Waals surface area (Å²) in [6.45, 7) is 6.99. The Bertz CT molecular complexity index is 1370. The van der Waals surface area contributed by atoms with Crippen LogP contribution in [0, 0.1) is 0 Å². The lowest BCUT2D eigenvalue weighted by Gasteiger charge is -2.45. The predicted molar refractivity (Wildman–Crippen MR) is 150 cm³/mol. The van der Waals surface area contributed by atoms with E-state index in [0.717, 1.165) is 17.3 Å². The van der Waals surface area contributed by atoms with E-state index >= 15 is 0 Å². The van der Waals surface area contributed by atoms with Crippen molar-refractivity contribution in [2.75, 3.05) is 18.1 Å². The number of hydrogen-bond acceptors (Lipinski definition) is 7. The Morgan fingerprint density at radius 2 is 1.71 bits per heavy atom. The Balaban J connectivity index is 1.95. The number of thiocarbonyl (C=S) groups is 1. The Labute approximate surface area is 232 Å². The maximum atomic E-state index is 13.7. The molecule has 0 unspecified atom stereocenters. The van der Waals surface area contributed by atoms with E-state index < -0.39 is 23.6 Å². The third-order valence-corrected chi connectivity index (χ3v) is 9.20. The standard InChI is InChI=1S/C27H24F3NO4S3/c1-5-34-16-12-13-18-17(14-16)19(22(36)26(3,4)31(18)25(33)27(28,29)30)24-37-20(15-10-8-7-9-11-15)21(38-24)23(32)35-6-2/h7-14H,5-6H2,1-4H3. The third-order valence-electron chi connectivity index (χ3n) is 5.87. The van der Waals surface area contributed by atoms with Crippen LogP contribution in [-0.2, 0) is 14.3 Å². The molecule has 2 aliphatic heterocycles. The summed E-state index contributed by atoms with van der Waals surface area (Å²) in [7, 11) is 0. The molecule has 2 heterocycles. The van der Waals surface area contributed by atoms with Gasteiger partial charge in [-0.1, -0.05) is 66.1 Å². The van der Waals surface area contributed by atoms with Gasteiger partial charge in [-0.3, -0.25) is 9.69 Å². The second-order valence-electron chi connectivity index (χ2n) is 8.75. The van der Waals surface area contributed by atoms with Crippen LogP contribution in [0.4, 0.5) is 18.9 Å². The predicted octanol–water partition coefficient (Wildman–Crippen LogP) is 7.22. The van der Waals surface area contributed by atoms with Crippen molar-refractivity contribution in [1.82, 2.24) is 0 Å². The molecule has 0 fully saturated rings. The molecule has 2 aromatic carbocycles. The van der Waals surface area contributed by atoms with E-state index in [0.29, 0.717) is 42.4 Å². The first-order valence-electron chi connectivity index (χ1n) is 11.7. The normalized spacial score (nSPS) is 18.9. The number of rotatable bonds is 5. The molecular formula is C27H24F3NO4S3. The van der Waals surface area contributed by atoms with Crippen LogP contribution in [0.1, 0.15) is 38.8 Å². The van der Waals surface area contributed by atoms with Gasteiger partial charge in [-0.05, 0) is 51.5 Å². The van der Waals surface area contributed by atoms with Crippen LogP contribution in [0.25, 0.3) is 10.5 Å². The van der Waals surface area contributed by atoms with E-state index in [1.54, 1.807) is 19.9 Å². The number of thioether (sulfide) groups is 2. The summed E-state index contributed by atoms with van der Waals surface area (Å²) < 4.78 is 52.7. The quantitative estimate of drug-likeness (QED) is 0.211. The van der Waals surface area contributed by atoms with Crippen molar-refractivity contribution in [1.29, 1.82) is 0 Å². The van der Waals surface area contributed by atoms with Gasteiger partial charge in [0.1, 0.15) is 10.7 Å². The Kier molecular flexibility index (Phi) is 8.02. The molecule has 2 aliphatic rings.